The van der Waals surface area contributed by atoms with Gasteiger partial charge in [0, 0.05) is 18.8 Å². The van der Waals surface area contributed by atoms with Gasteiger partial charge in [-0.05, 0) is 0 Å². The second kappa shape index (κ2) is 3.85. The number of rotatable bonds is 3. The Hall–Kier alpha value is -1.27. The molecule has 0 amide bonds. The lowest BCUT2D eigenvalue weighted by Gasteiger charge is -2.03. The molecule has 1 unspecified atom stereocenters. The van der Waals surface area contributed by atoms with Gasteiger partial charge >= 0.3 is 0 Å². The molecule has 2 rings (SSSR count). The molecule has 0 saturated carbocycles. The van der Waals surface area contributed by atoms with E-state index in [4.69, 9.17) is 0 Å². The summed E-state index contributed by atoms with van der Waals surface area (Å²) in [7, 11) is 1.75. The molecule has 2 heterocycles. The van der Waals surface area contributed by atoms with Gasteiger partial charge in [-0.3, -0.25) is 0 Å². The molecule has 1 N–H and O–H groups in total. The number of aliphatic hydroxyl groups is 1. The molecule has 0 aliphatic heterocycles. The summed E-state index contributed by atoms with van der Waals surface area (Å²) in [5.74, 6) is 0. The van der Waals surface area contributed by atoms with Crippen LogP contribution in [-0.4, -0.2) is 25.1 Å². The van der Waals surface area contributed by atoms with Crippen LogP contribution < -0.4 is 0 Å². The monoisotopic (exact) mass is 210 g/mol. The second-order valence-corrected chi connectivity index (χ2v) is 3.68. The fraction of sp³-hybridized carbons (Fsp3) is 0.375. The number of aromatic nitrogens is 4. The average Bonchev–Trinajstić information content (AvgIpc) is 2.75. The van der Waals surface area contributed by atoms with E-state index in [1.54, 1.807) is 18.8 Å². The summed E-state index contributed by atoms with van der Waals surface area (Å²) in [6.07, 6.45) is 1.52. The molecule has 1 atom stereocenters. The predicted molar refractivity (Wildman–Crippen MR) is 51.8 cm³/mol. The van der Waals surface area contributed by atoms with Crippen molar-refractivity contribution in [1.29, 1.82) is 0 Å². The highest BCUT2D eigenvalue weighted by Crippen LogP contribution is 2.16. The van der Waals surface area contributed by atoms with Gasteiger partial charge < -0.3 is 5.11 Å². The molecular formula is C8H10N4OS. The van der Waals surface area contributed by atoms with Gasteiger partial charge in [-0.25, -0.2) is 4.98 Å². The number of thiazole rings is 1. The Morgan fingerprint density at radius 1 is 1.64 bits per heavy atom. The van der Waals surface area contributed by atoms with Crippen LogP contribution in [0.25, 0.3) is 0 Å². The summed E-state index contributed by atoms with van der Waals surface area (Å²) in [5.41, 5.74) is 3.17. The topological polar surface area (TPSA) is 63.8 Å². The van der Waals surface area contributed by atoms with Crippen LogP contribution in [0.15, 0.2) is 17.1 Å². The van der Waals surface area contributed by atoms with Gasteiger partial charge in [0.15, 0.2) is 0 Å². The van der Waals surface area contributed by atoms with E-state index in [9.17, 15) is 5.11 Å². The Morgan fingerprint density at radius 3 is 3.07 bits per heavy atom. The first kappa shape index (κ1) is 9.29. The lowest BCUT2D eigenvalue weighted by atomic mass is 10.2. The SMILES string of the molecule is Cn1ncc(CC(O)c2cscn2)n1. The highest BCUT2D eigenvalue weighted by molar-refractivity contribution is 7.07. The molecule has 2 aromatic rings. The first-order valence-electron chi connectivity index (χ1n) is 4.17. The van der Waals surface area contributed by atoms with E-state index in [0.717, 1.165) is 5.69 Å². The zero-order chi connectivity index (χ0) is 9.97. The first-order valence-corrected chi connectivity index (χ1v) is 5.11. The van der Waals surface area contributed by atoms with E-state index in [-0.39, 0.29) is 0 Å². The van der Waals surface area contributed by atoms with E-state index >= 15 is 0 Å². The molecule has 0 spiro atoms. The van der Waals surface area contributed by atoms with Crippen molar-refractivity contribution in [3.05, 3.63) is 28.5 Å². The number of hydrogen-bond donors (Lipinski definition) is 1. The molecule has 0 saturated heterocycles. The fourth-order valence-electron chi connectivity index (χ4n) is 1.17. The van der Waals surface area contributed by atoms with Crippen molar-refractivity contribution in [2.24, 2.45) is 7.05 Å². The van der Waals surface area contributed by atoms with Crippen molar-refractivity contribution in [3.8, 4) is 0 Å². The van der Waals surface area contributed by atoms with Crippen LogP contribution in [0.1, 0.15) is 17.5 Å². The minimum atomic E-state index is -0.585. The van der Waals surface area contributed by atoms with Gasteiger partial charge in [0.25, 0.3) is 0 Å². The maximum atomic E-state index is 9.74. The Kier molecular flexibility index (Phi) is 2.55. The van der Waals surface area contributed by atoms with E-state index in [1.165, 1.54) is 16.1 Å². The molecule has 0 radical (unpaired) electrons. The summed E-state index contributed by atoms with van der Waals surface area (Å²) in [6, 6.07) is 0. The molecular weight excluding hydrogens is 200 g/mol. The number of nitrogens with zero attached hydrogens (tertiary/aromatic N) is 4. The number of aliphatic hydroxyl groups excluding tert-OH is 1. The van der Waals surface area contributed by atoms with Crippen molar-refractivity contribution >= 4 is 11.3 Å². The Labute approximate surface area is 85.0 Å². The smallest absolute Gasteiger partial charge is 0.102 e. The molecule has 0 aliphatic rings. The van der Waals surface area contributed by atoms with Crippen LogP contribution >= 0.6 is 11.3 Å². The van der Waals surface area contributed by atoms with E-state index in [2.05, 4.69) is 15.2 Å². The van der Waals surface area contributed by atoms with Gasteiger partial charge in [-0.1, -0.05) is 0 Å². The molecule has 0 aliphatic carbocycles. The zero-order valence-electron chi connectivity index (χ0n) is 7.66. The quantitative estimate of drug-likeness (QED) is 0.803. The fourth-order valence-corrected chi connectivity index (χ4v) is 1.77. The third kappa shape index (κ3) is 1.97. The molecule has 5 nitrogen and oxygen atoms in total. The molecule has 6 heteroatoms. The molecule has 2 aromatic heterocycles. The molecule has 0 aromatic carbocycles. The minimum Gasteiger partial charge on any atom is -0.386 e. The van der Waals surface area contributed by atoms with Crippen molar-refractivity contribution < 1.29 is 5.11 Å². The summed E-state index contributed by atoms with van der Waals surface area (Å²) in [5, 5.41) is 19.6. The van der Waals surface area contributed by atoms with Crippen molar-refractivity contribution in [3.63, 3.8) is 0 Å². The number of hydrogen-bond acceptors (Lipinski definition) is 5. The van der Waals surface area contributed by atoms with Crippen LogP contribution in [0, 0.1) is 0 Å². The third-order valence-electron chi connectivity index (χ3n) is 1.84. The lowest BCUT2D eigenvalue weighted by Crippen LogP contribution is -2.03. The summed E-state index contributed by atoms with van der Waals surface area (Å²) in [6.45, 7) is 0. The normalized spacial score (nSPS) is 13.0. The first-order chi connectivity index (χ1) is 6.75. The molecule has 74 valence electrons. The van der Waals surface area contributed by atoms with Crippen molar-refractivity contribution in [2.75, 3.05) is 0 Å². The highest BCUT2D eigenvalue weighted by Gasteiger charge is 2.12. The van der Waals surface area contributed by atoms with Crippen LogP contribution in [0.5, 0.6) is 0 Å². The van der Waals surface area contributed by atoms with E-state index in [0.29, 0.717) is 12.1 Å². The molecule has 0 fully saturated rings. The molecule has 0 bridgehead atoms. The standard InChI is InChI=1S/C8H10N4OS/c1-12-10-3-6(11-12)2-8(13)7-4-14-5-9-7/h3-5,8,13H,2H2,1H3. The summed E-state index contributed by atoms with van der Waals surface area (Å²) < 4.78 is 0. The third-order valence-corrected chi connectivity index (χ3v) is 2.45. The summed E-state index contributed by atoms with van der Waals surface area (Å²) >= 11 is 1.47. The summed E-state index contributed by atoms with van der Waals surface area (Å²) in [4.78, 5) is 5.51. The van der Waals surface area contributed by atoms with Crippen molar-refractivity contribution in [1.82, 2.24) is 20.0 Å². The largest absolute Gasteiger partial charge is 0.386 e. The van der Waals surface area contributed by atoms with Crippen LogP contribution in [0.3, 0.4) is 0 Å². The van der Waals surface area contributed by atoms with E-state index < -0.39 is 6.10 Å². The molecule has 14 heavy (non-hydrogen) atoms. The van der Waals surface area contributed by atoms with E-state index in [1.807, 2.05) is 5.38 Å². The minimum absolute atomic E-state index is 0.456. The maximum Gasteiger partial charge on any atom is 0.102 e. The Balaban J connectivity index is 2.05. The zero-order valence-corrected chi connectivity index (χ0v) is 8.48. The Bertz CT molecular complexity index is 397. The Morgan fingerprint density at radius 2 is 2.50 bits per heavy atom. The van der Waals surface area contributed by atoms with Gasteiger partial charge in [0.05, 0.1) is 23.1 Å². The average molecular weight is 210 g/mol. The number of aryl methyl sites for hydroxylation is 1. The predicted octanol–water partition coefficient (Wildman–Crippen LogP) is 0.548. The van der Waals surface area contributed by atoms with Crippen molar-refractivity contribution in [2.45, 2.75) is 12.5 Å². The van der Waals surface area contributed by atoms with Crippen LogP contribution in [0.4, 0.5) is 0 Å². The highest BCUT2D eigenvalue weighted by atomic mass is 32.1. The maximum absolute atomic E-state index is 9.74. The lowest BCUT2D eigenvalue weighted by molar-refractivity contribution is 0.173. The van der Waals surface area contributed by atoms with Gasteiger partial charge in [0.1, 0.15) is 6.10 Å². The van der Waals surface area contributed by atoms with Gasteiger partial charge in [-0.15, -0.1) is 11.3 Å². The second-order valence-electron chi connectivity index (χ2n) is 2.96. The van der Waals surface area contributed by atoms with Crippen LogP contribution in [0.2, 0.25) is 0 Å². The van der Waals surface area contributed by atoms with Gasteiger partial charge in [0.2, 0.25) is 0 Å². The van der Waals surface area contributed by atoms with Crippen LogP contribution in [-0.2, 0) is 13.5 Å². The van der Waals surface area contributed by atoms with Gasteiger partial charge in [-0.2, -0.15) is 15.0 Å².